The van der Waals surface area contributed by atoms with Crippen LogP contribution in [-0.2, 0) is 0 Å². The second kappa shape index (κ2) is 4.40. The van der Waals surface area contributed by atoms with E-state index >= 15 is 0 Å². The Bertz CT molecular complexity index is 525. The summed E-state index contributed by atoms with van der Waals surface area (Å²) in [5, 5.41) is 6.32. The molecule has 0 atom stereocenters. The molecule has 4 nitrogen and oxygen atoms in total. The SMILES string of the molecule is COc1cccc(-c2cc(N)n[nH]2)c1C(F)F. The number of alkyl halides is 2. The van der Waals surface area contributed by atoms with Crippen molar-refractivity contribution < 1.29 is 13.5 Å². The van der Waals surface area contributed by atoms with Crippen molar-refractivity contribution in [1.29, 1.82) is 0 Å². The number of aromatic amines is 1. The number of benzene rings is 1. The minimum absolute atomic E-state index is 0.144. The third-order valence-electron chi connectivity index (χ3n) is 2.39. The van der Waals surface area contributed by atoms with E-state index in [4.69, 9.17) is 10.5 Å². The highest BCUT2D eigenvalue weighted by atomic mass is 19.3. The average Bonchev–Trinajstić information content (AvgIpc) is 2.74. The van der Waals surface area contributed by atoms with Crippen LogP contribution in [0.2, 0.25) is 0 Å². The lowest BCUT2D eigenvalue weighted by Crippen LogP contribution is -1.96. The number of nitrogens with two attached hydrogens (primary N) is 1. The van der Waals surface area contributed by atoms with Crippen molar-refractivity contribution in [3.8, 4) is 17.0 Å². The summed E-state index contributed by atoms with van der Waals surface area (Å²) in [7, 11) is 1.35. The number of nitrogens with zero attached hydrogens (tertiary/aromatic N) is 1. The van der Waals surface area contributed by atoms with Crippen LogP contribution in [0, 0.1) is 0 Å². The smallest absolute Gasteiger partial charge is 0.268 e. The molecule has 0 aliphatic rings. The number of nitrogen functional groups attached to an aromatic ring is 1. The van der Waals surface area contributed by atoms with E-state index in [1.54, 1.807) is 12.1 Å². The number of aromatic nitrogens is 2. The largest absolute Gasteiger partial charge is 0.496 e. The number of H-pyrrole nitrogens is 1. The minimum Gasteiger partial charge on any atom is -0.496 e. The van der Waals surface area contributed by atoms with Gasteiger partial charge in [0.15, 0.2) is 0 Å². The molecule has 0 radical (unpaired) electrons. The first-order valence-electron chi connectivity index (χ1n) is 4.89. The van der Waals surface area contributed by atoms with Gasteiger partial charge in [-0.3, -0.25) is 5.10 Å². The maximum absolute atomic E-state index is 13.0. The number of hydrogen-bond donors (Lipinski definition) is 2. The first-order chi connectivity index (χ1) is 8.13. The molecule has 1 heterocycles. The number of methoxy groups -OCH3 is 1. The lowest BCUT2D eigenvalue weighted by molar-refractivity contribution is 0.147. The average molecular weight is 239 g/mol. The Kier molecular flexibility index (Phi) is 2.95. The second-order valence-corrected chi connectivity index (χ2v) is 3.43. The lowest BCUT2D eigenvalue weighted by atomic mass is 10.0. The summed E-state index contributed by atoms with van der Waals surface area (Å²) in [5.74, 6) is 0.397. The molecule has 0 saturated heterocycles. The fourth-order valence-corrected chi connectivity index (χ4v) is 1.66. The molecule has 3 N–H and O–H groups in total. The number of ether oxygens (including phenoxy) is 1. The van der Waals surface area contributed by atoms with Crippen molar-refractivity contribution in [2.45, 2.75) is 6.43 Å². The minimum atomic E-state index is -2.63. The normalized spacial score (nSPS) is 10.8. The van der Waals surface area contributed by atoms with Crippen molar-refractivity contribution >= 4 is 5.82 Å². The Morgan fingerprint density at radius 3 is 2.71 bits per heavy atom. The first-order valence-corrected chi connectivity index (χ1v) is 4.89. The summed E-state index contributed by atoms with van der Waals surface area (Å²) >= 11 is 0. The van der Waals surface area contributed by atoms with Crippen LogP contribution < -0.4 is 10.5 Å². The molecular formula is C11H11F2N3O. The molecule has 6 heteroatoms. The zero-order valence-corrected chi connectivity index (χ0v) is 9.08. The van der Waals surface area contributed by atoms with E-state index in [1.807, 2.05) is 0 Å². The molecule has 0 bridgehead atoms. The van der Waals surface area contributed by atoms with E-state index in [9.17, 15) is 8.78 Å². The predicted molar refractivity (Wildman–Crippen MR) is 59.9 cm³/mol. The third-order valence-corrected chi connectivity index (χ3v) is 2.39. The van der Waals surface area contributed by atoms with E-state index in [0.29, 0.717) is 11.3 Å². The van der Waals surface area contributed by atoms with Gasteiger partial charge in [-0.15, -0.1) is 0 Å². The Balaban J connectivity index is 2.60. The first kappa shape index (κ1) is 11.4. The van der Waals surface area contributed by atoms with Gasteiger partial charge in [-0.05, 0) is 6.07 Å². The van der Waals surface area contributed by atoms with Crippen molar-refractivity contribution in [3.63, 3.8) is 0 Å². The topological polar surface area (TPSA) is 63.9 Å². The van der Waals surface area contributed by atoms with Crippen LogP contribution in [0.4, 0.5) is 14.6 Å². The van der Waals surface area contributed by atoms with Gasteiger partial charge in [-0.2, -0.15) is 5.10 Å². The lowest BCUT2D eigenvalue weighted by Gasteiger charge is -2.11. The van der Waals surface area contributed by atoms with E-state index in [2.05, 4.69) is 10.2 Å². The van der Waals surface area contributed by atoms with Gasteiger partial charge in [0.05, 0.1) is 18.4 Å². The number of anilines is 1. The zero-order valence-electron chi connectivity index (χ0n) is 9.08. The molecule has 1 aromatic heterocycles. The van der Waals surface area contributed by atoms with Crippen LogP contribution in [0.3, 0.4) is 0 Å². The highest BCUT2D eigenvalue weighted by molar-refractivity contribution is 5.69. The Morgan fingerprint density at radius 1 is 1.41 bits per heavy atom. The number of rotatable bonds is 3. The molecule has 2 rings (SSSR count). The molecule has 0 saturated carbocycles. The summed E-state index contributed by atoms with van der Waals surface area (Å²) in [5.41, 5.74) is 6.06. The van der Waals surface area contributed by atoms with Crippen LogP contribution >= 0.6 is 0 Å². The van der Waals surface area contributed by atoms with Gasteiger partial charge < -0.3 is 10.5 Å². The van der Waals surface area contributed by atoms with Gasteiger partial charge in [-0.25, -0.2) is 8.78 Å². The second-order valence-electron chi connectivity index (χ2n) is 3.43. The van der Waals surface area contributed by atoms with Gasteiger partial charge in [0, 0.05) is 11.6 Å². The molecule has 0 unspecified atom stereocenters. The third kappa shape index (κ3) is 2.06. The Morgan fingerprint density at radius 2 is 2.18 bits per heavy atom. The summed E-state index contributed by atoms with van der Waals surface area (Å²) in [6.07, 6.45) is -2.63. The Hall–Kier alpha value is -2.11. The van der Waals surface area contributed by atoms with Crippen LogP contribution in [-0.4, -0.2) is 17.3 Å². The predicted octanol–water partition coefficient (Wildman–Crippen LogP) is 2.61. The molecule has 0 amide bonds. The van der Waals surface area contributed by atoms with E-state index < -0.39 is 6.43 Å². The van der Waals surface area contributed by atoms with Crippen LogP contribution in [0.1, 0.15) is 12.0 Å². The Labute approximate surface area is 96.4 Å². The van der Waals surface area contributed by atoms with E-state index in [0.717, 1.165) is 0 Å². The molecule has 1 aromatic carbocycles. The number of nitrogens with one attached hydrogen (secondary N) is 1. The maximum atomic E-state index is 13.0. The summed E-state index contributed by atoms with van der Waals surface area (Å²) in [6, 6.07) is 6.19. The van der Waals surface area contributed by atoms with Gasteiger partial charge in [0.25, 0.3) is 6.43 Å². The molecule has 90 valence electrons. The maximum Gasteiger partial charge on any atom is 0.268 e. The highest BCUT2D eigenvalue weighted by Gasteiger charge is 2.20. The fraction of sp³-hybridized carbons (Fsp3) is 0.182. The quantitative estimate of drug-likeness (QED) is 0.865. The van der Waals surface area contributed by atoms with Gasteiger partial charge >= 0.3 is 0 Å². The van der Waals surface area contributed by atoms with Crippen molar-refractivity contribution in [2.24, 2.45) is 0 Å². The molecule has 0 aliphatic heterocycles. The molecule has 0 aliphatic carbocycles. The van der Waals surface area contributed by atoms with Crippen molar-refractivity contribution in [2.75, 3.05) is 12.8 Å². The van der Waals surface area contributed by atoms with Crippen molar-refractivity contribution in [1.82, 2.24) is 10.2 Å². The van der Waals surface area contributed by atoms with Crippen LogP contribution in [0.15, 0.2) is 24.3 Å². The molecule has 2 aromatic rings. The van der Waals surface area contributed by atoms with Gasteiger partial charge in [0.2, 0.25) is 0 Å². The number of halogens is 2. The summed E-state index contributed by atoms with van der Waals surface area (Å²) in [4.78, 5) is 0. The monoisotopic (exact) mass is 239 g/mol. The zero-order chi connectivity index (χ0) is 12.4. The number of hydrogen-bond acceptors (Lipinski definition) is 3. The highest BCUT2D eigenvalue weighted by Crippen LogP contribution is 2.37. The fourth-order valence-electron chi connectivity index (χ4n) is 1.66. The standard InChI is InChI=1S/C11H11F2N3O/c1-17-8-4-2-3-6(10(8)11(12)13)7-5-9(14)16-15-7/h2-5,11H,1H3,(H3,14,15,16). The molecular weight excluding hydrogens is 228 g/mol. The van der Waals surface area contributed by atoms with Crippen LogP contribution in [0.25, 0.3) is 11.3 Å². The van der Waals surface area contributed by atoms with Crippen molar-refractivity contribution in [3.05, 3.63) is 29.8 Å². The van der Waals surface area contributed by atoms with E-state index in [-0.39, 0.29) is 17.1 Å². The van der Waals surface area contributed by atoms with E-state index in [1.165, 1.54) is 19.2 Å². The summed E-state index contributed by atoms with van der Waals surface area (Å²) < 4.78 is 31.0. The van der Waals surface area contributed by atoms with Gasteiger partial charge in [-0.1, -0.05) is 12.1 Å². The molecule has 0 spiro atoms. The molecule has 17 heavy (non-hydrogen) atoms. The molecule has 0 fully saturated rings. The summed E-state index contributed by atoms with van der Waals surface area (Å²) in [6.45, 7) is 0. The van der Waals surface area contributed by atoms with Crippen LogP contribution in [0.5, 0.6) is 5.75 Å². The van der Waals surface area contributed by atoms with Gasteiger partial charge in [0.1, 0.15) is 11.6 Å².